The van der Waals surface area contributed by atoms with Gasteiger partial charge in [-0.15, -0.1) is 24.2 Å². The number of nitrogens with one attached hydrogen (secondary N) is 1. The van der Waals surface area contributed by atoms with Gasteiger partial charge in [0.25, 0.3) is 0 Å². The highest BCUT2D eigenvalue weighted by atomic mass is 35.5. The first-order valence-corrected chi connectivity index (χ1v) is 10.1. The van der Waals surface area contributed by atoms with Gasteiger partial charge < -0.3 is 10.2 Å². The molecule has 1 N–H and O–H groups in total. The Morgan fingerprint density at radius 1 is 1.24 bits per heavy atom. The Hall–Kier alpha value is -0.710. The van der Waals surface area contributed by atoms with E-state index >= 15 is 0 Å². The third-order valence-corrected chi connectivity index (χ3v) is 6.92. The number of amides is 1. The van der Waals surface area contributed by atoms with Gasteiger partial charge in [0.15, 0.2) is 0 Å². The number of thioether (sulfide) groups is 1. The lowest BCUT2D eigenvalue weighted by atomic mass is 9.95. The molecule has 1 aliphatic carbocycles. The molecule has 2 aliphatic rings. The zero-order chi connectivity index (χ0) is 17.0. The van der Waals surface area contributed by atoms with Crippen LogP contribution < -0.4 is 5.32 Å². The standard InChI is InChI=1S/C20H30N2OS.ClH/c1-16-7-9-18(10-8-16)24-20(11-3-4-12-20)19(23)22-13-5-6-17(15-22)14-21-2;/h7-10,17,21H,3-6,11-15H2,1-2H3;1H. The summed E-state index contributed by atoms with van der Waals surface area (Å²) in [5.41, 5.74) is 1.28. The highest BCUT2D eigenvalue weighted by molar-refractivity contribution is 8.01. The monoisotopic (exact) mass is 382 g/mol. The van der Waals surface area contributed by atoms with E-state index in [0.717, 1.165) is 38.9 Å². The molecule has 0 aromatic heterocycles. The zero-order valence-corrected chi connectivity index (χ0v) is 17.1. The lowest BCUT2D eigenvalue weighted by Crippen LogP contribution is -2.50. The lowest BCUT2D eigenvalue weighted by molar-refractivity contribution is -0.135. The smallest absolute Gasteiger partial charge is 0.239 e. The molecular formula is C20H31ClN2OS. The molecule has 1 aliphatic heterocycles. The topological polar surface area (TPSA) is 32.3 Å². The van der Waals surface area contributed by atoms with Crippen LogP contribution in [0.5, 0.6) is 0 Å². The van der Waals surface area contributed by atoms with Crippen LogP contribution in [0.3, 0.4) is 0 Å². The van der Waals surface area contributed by atoms with Crippen LogP contribution >= 0.6 is 24.2 Å². The predicted molar refractivity (Wildman–Crippen MR) is 109 cm³/mol. The summed E-state index contributed by atoms with van der Waals surface area (Å²) in [6, 6.07) is 8.65. The number of benzene rings is 1. The zero-order valence-electron chi connectivity index (χ0n) is 15.4. The van der Waals surface area contributed by atoms with E-state index in [1.165, 1.54) is 29.7 Å². The molecule has 1 aromatic carbocycles. The van der Waals surface area contributed by atoms with Gasteiger partial charge in [-0.3, -0.25) is 4.79 Å². The van der Waals surface area contributed by atoms with Crippen molar-refractivity contribution in [2.45, 2.75) is 55.1 Å². The average Bonchev–Trinajstić information content (AvgIpc) is 3.07. The highest BCUT2D eigenvalue weighted by Gasteiger charge is 2.45. The first-order valence-electron chi connectivity index (χ1n) is 9.33. The summed E-state index contributed by atoms with van der Waals surface area (Å²) in [7, 11) is 2.01. The van der Waals surface area contributed by atoms with E-state index in [9.17, 15) is 4.79 Å². The van der Waals surface area contributed by atoms with E-state index in [-0.39, 0.29) is 17.2 Å². The summed E-state index contributed by atoms with van der Waals surface area (Å²) in [6.45, 7) is 4.99. The minimum atomic E-state index is -0.225. The molecule has 1 heterocycles. The van der Waals surface area contributed by atoms with Crippen molar-refractivity contribution in [3.05, 3.63) is 29.8 Å². The fraction of sp³-hybridized carbons (Fsp3) is 0.650. The maximum atomic E-state index is 13.4. The van der Waals surface area contributed by atoms with Crippen LogP contribution in [0.25, 0.3) is 0 Å². The molecular weight excluding hydrogens is 352 g/mol. The Morgan fingerprint density at radius 2 is 1.92 bits per heavy atom. The van der Waals surface area contributed by atoms with Gasteiger partial charge in [-0.1, -0.05) is 30.5 Å². The molecule has 3 nitrogen and oxygen atoms in total. The van der Waals surface area contributed by atoms with E-state index < -0.39 is 0 Å². The normalized spacial score (nSPS) is 22.5. The SMILES string of the molecule is CNCC1CCCN(C(=O)C2(Sc3ccc(C)cc3)CCCC2)C1.Cl. The number of hydrogen-bond acceptors (Lipinski definition) is 3. The number of aryl methyl sites for hydroxylation is 1. The van der Waals surface area contributed by atoms with E-state index in [2.05, 4.69) is 41.4 Å². The number of likely N-dealkylation sites (tertiary alicyclic amines) is 1. The molecule has 0 spiro atoms. The van der Waals surface area contributed by atoms with Crippen LogP contribution in [-0.4, -0.2) is 42.2 Å². The summed E-state index contributed by atoms with van der Waals surface area (Å²) >= 11 is 1.82. The van der Waals surface area contributed by atoms with Gasteiger partial charge in [-0.25, -0.2) is 0 Å². The van der Waals surface area contributed by atoms with E-state index in [0.29, 0.717) is 11.8 Å². The largest absolute Gasteiger partial charge is 0.341 e. The number of carbonyl (C=O) groups excluding carboxylic acids is 1. The van der Waals surface area contributed by atoms with Crippen LogP contribution in [-0.2, 0) is 4.79 Å². The predicted octanol–water partition coefficient (Wildman–Crippen LogP) is 4.28. The first-order chi connectivity index (χ1) is 11.6. The van der Waals surface area contributed by atoms with Gasteiger partial charge in [0.05, 0.1) is 4.75 Å². The third kappa shape index (κ3) is 4.93. The van der Waals surface area contributed by atoms with Crippen LogP contribution in [0.2, 0.25) is 0 Å². The van der Waals surface area contributed by atoms with Crippen LogP contribution in [0, 0.1) is 12.8 Å². The van der Waals surface area contributed by atoms with Crippen LogP contribution in [0.15, 0.2) is 29.2 Å². The van der Waals surface area contributed by atoms with Gasteiger partial charge in [-0.2, -0.15) is 0 Å². The summed E-state index contributed by atoms with van der Waals surface area (Å²) in [5.74, 6) is 1.00. The molecule has 1 unspecified atom stereocenters. The highest BCUT2D eigenvalue weighted by Crippen LogP contribution is 2.47. The maximum absolute atomic E-state index is 13.4. The molecule has 1 aromatic rings. The average molecular weight is 383 g/mol. The second-order valence-corrected chi connectivity index (χ2v) is 8.89. The van der Waals surface area contributed by atoms with Crippen molar-refractivity contribution in [3.8, 4) is 0 Å². The minimum absolute atomic E-state index is 0. The molecule has 1 saturated heterocycles. The lowest BCUT2D eigenvalue weighted by Gasteiger charge is -2.38. The summed E-state index contributed by atoms with van der Waals surface area (Å²) in [5, 5.41) is 3.28. The molecule has 1 atom stereocenters. The third-order valence-electron chi connectivity index (χ3n) is 5.43. The Morgan fingerprint density at radius 3 is 2.56 bits per heavy atom. The minimum Gasteiger partial charge on any atom is -0.341 e. The Balaban J connectivity index is 0.00000225. The quantitative estimate of drug-likeness (QED) is 0.824. The molecule has 0 bridgehead atoms. The number of carbonyl (C=O) groups is 1. The molecule has 1 saturated carbocycles. The van der Waals surface area contributed by atoms with Crippen molar-refractivity contribution in [2.75, 3.05) is 26.7 Å². The Labute approximate surface area is 162 Å². The first kappa shape index (κ1) is 20.6. The second-order valence-electron chi connectivity index (χ2n) is 7.43. The van der Waals surface area contributed by atoms with Gasteiger partial charge in [0, 0.05) is 18.0 Å². The van der Waals surface area contributed by atoms with Crippen molar-refractivity contribution in [3.63, 3.8) is 0 Å². The van der Waals surface area contributed by atoms with Gasteiger partial charge >= 0.3 is 0 Å². The van der Waals surface area contributed by atoms with Crippen LogP contribution in [0.1, 0.15) is 44.1 Å². The van der Waals surface area contributed by atoms with Crippen molar-refractivity contribution in [2.24, 2.45) is 5.92 Å². The van der Waals surface area contributed by atoms with E-state index in [1.54, 1.807) is 0 Å². The molecule has 5 heteroatoms. The van der Waals surface area contributed by atoms with E-state index in [1.807, 2.05) is 18.8 Å². The molecule has 1 amide bonds. The fourth-order valence-corrected chi connectivity index (χ4v) is 5.56. The number of piperidine rings is 1. The summed E-state index contributed by atoms with van der Waals surface area (Å²) in [6.07, 6.45) is 6.79. The molecule has 3 rings (SSSR count). The molecule has 0 radical (unpaired) electrons. The summed E-state index contributed by atoms with van der Waals surface area (Å²) < 4.78 is -0.225. The molecule has 2 fully saturated rings. The van der Waals surface area contributed by atoms with Gasteiger partial charge in [0.1, 0.15) is 0 Å². The summed E-state index contributed by atoms with van der Waals surface area (Å²) in [4.78, 5) is 16.8. The molecule has 140 valence electrons. The van der Waals surface area contributed by atoms with Crippen molar-refractivity contribution in [1.29, 1.82) is 0 Å². The number of nitrogens with zero attached hydrogens (tertiary/aromatic N) is 1. The van der Waals surface area contributed by atoms with Crippen molar-refractivity contribution < 1.29 is 4.79 Å². The maximum Gasteiger partial charge on any atom is 0.239 e. The molecule has 25 heavy (non-hydrogen) atoms. The number of hydrogen-bond donors (Lipinski definition) is 1. The number of rotatable bonds is 5. The van der Waals surface area contributed by atoms with E-state index in [4.69, 9.17) is 0 Å². The Bertz CT molecular complexity index is 555. The number of halogens is 1. The van der Waals surface area contributed by atoms with Crippen LogP contribution in [0.4, 0.5) is 0 Å². The Kier molecular flexibility index (Phi) is 7.66. The van der Waals surface area contributed by atoms with Crippen molar-refractivity contribution >= 4 is 30.1 Å². The second kappa shape index (κ2) is 9.29. The van der Waals surface area contributed by atoms with Gasteiger partial charge in [0.2, 0.25) is 5.91 Å². The fourth-order valence-electron chi connectivity index (χ4n) is 4.13. The van der Waals surface area contributed by atoms with Gasteiger partial charge in [-0.05, 0) is 64.3 Å². The van der Waals surface area contributed by atoms with Crippen molar-refractivity contribution in [1.82, 2.24) is 10.2 Å².